The molecule has 0 saturated heterocycles. The predicted octanol–water partition coefficient (Wildman–Crippen LogP) is 3.69. The average Bonchev–Trinajstić information content (AvgIpc) is 2.97. The molecule has 0 radical (unpaired) electrons. The van der Waals surface area contributed by atoms with Crippen LogP contribution in [0.4, 0.5) is 0 Å². The molecular formula is C17H18ClN3O2. The number of pyridine rings is 1. The van der Waals surface area contributed by atoms with Gasteiger partial charge in [0.25, 0.3) is 0 Å². The van der Waals surface area contributed by atoms with E-state index in [-0.39, 0.29) is 11.9 Å². The van der Waals surface area contributed by atoms with E-state index >= 15 is 0 Å². The first kappa shape index (κ1) is 15.7. The van der Waals surface area contributed by atoms with Crippen LogP contribution in [-0.2, 0) is 15.4 Å². The molecule has 5 nitrogen and oxygen atoms in total. The van der Waals surface area contributed by atoms with Crippen molar-refractivity contribution < 1.29 is 9.53 Å². The third-order valence-corrected chi connectivity index (χ3v) is 4.26. The Morgan fingerprint density at radius 2 is 2.09 bits per heavy atom. The Morgan fingerprint density at radius 3 is 2.74 bits per heavy atom. The Kier molecular flexibility index (Phi) is 4.22. The van der Waals surface area contributed by atoms with Gasteiger partial charge < -0.3 is 4.74 Å². The fourth-order valence-corrected chi connectivity index (χ4v) is 2.95. The van der Waals surface area contributed by atoms with Gasteiger partial charge in [0, 0.05) is 22.8 Å². The molecule has 120 valence electrons. The second-order valence-corrected chi connectivity index (χ2v) is 6.13. The average molecular weight is 332 g/mol. The summed E-state index contributed by atoms with van der Waals surface area (Å²) in [6.45, 7) is 3.94. The monoisotopic (exact) mass is 331 g/mol. The lowest BCUT2D eigenvalue weighted by Gasteiger charge is -2.18. The van der Waals surface area contributed by atoms with Crippen LogP contribution >= 0.6 is 11.6 Å². The fourth-order valence-electron chi connectivity index (χ4n) is 2.78. The zero-order valence-corrected chi connectivity index (χ0v) is 14.0. The topological polar surface area (TPSA) is 57.0 Å². The number of nitrogens with zero attached hydrogens (tertiary/aromatic N) is 3. The molecule has 0 N–H and O–H groups in total. The van der Waals surface area contributed by atoms with Gasteiger partial charge >= 0.3 is 5.97 Å². The number of hydrogen-bond donors (Lipinski definition) is 0. The van der Waals surface area contributed by atoms with Crippen molar-refractivity contribution in [1.82, 2.24) is 14.8 Å². The molecule has 23 heavy (non-hydrogen) atoms. The maximum atomic E-state index is 12.1. The van der Waals surface area contributed by atoms with Crippen molar-refractivity contribution in [3.63, 3.8) is 0 Å². The Labute approximate surface area is 139 Å². The highest BCUT2D eigenvalue weighted by molar-refractivity contribution is 6.17. The van der Waals surface area contributed by atoms with Crippen molar-refractivity contribution in [1.29, 1.82) is 0 Å². The van der Waals surface area contributed by atoms with Gasteiger partial charge in [-0.3, -0.25) is 9.67 Å². The molecule has 0 aliphatic rings. The highest BCUT2D eigenvalue weighted by Crippen LogP contribution is 2.27. The number of carbonyl (C=O) groups excluding carboxylic acids is 1. The van der Waals surface area contributed by atoms with Crippen molar-refractivity contribution >= 4 is 39.4 Å². The summed E-state index contributed by atoms with van der Waals surface area (Å²) in [6, 6.07) is 5.49. The number of aromatic nitrogens is 3. The minimum absolute atomic E-state index is 0.0684. The van der Waals surface area contributed by atoms with Crippen molar-refractivity contribution in [2.24, 2.45) is 5.92 Å². The molecule has 1 aromatic carbocycles. The number of esters is 1. The quantitative estimate of drug-likeness (QED) is 0.540. The van der Waals surface area contributed by atoms with Crippen LogP contribution in [0.3, 0.4) is 0 Å². The summed E-state index contributed by atoms with van der Waals surface area (Å²) in [5.74, 6) is 0.223. The van der Waals surface area contributed by atoms with Crippen LogP contribution in [0.15, 0.2) is 30.6 Å². The van der Waals surface area contributed by atoms with Gasteiger partial charge in [-0.05, 0) is 17.5 Å². The lowest BCUT2D eigenvalue weighted by molar-refractivity contribution is -0.146. The maximum absolute atomic E-state index is 12.1. The normalized spacial score (nSPS) is 12.9. The Hall–Kier alpha value is -2.14. The third-order valence-electron chi connectivity index (χ3n) is 3.95. The van der Waals surface area contributed by atoms with E-state index in [9.17, 15) is 4.79 Å². The number of halogens is 1. The molecule has 0 aliphatic carbocycles. The molecule has 0 saturated carbocycles. The number of fused-ring (bicyclic) bond motifs is 3. The minimum atomic E-state index is -0.454. The van der Waals surface area contributed by atoms with Crippen LogP contribution in [0.1, 0.15) is 25.5 Å². The van der Waals surface area contributed by atoms with Crippen molar-refractivity contribution in [2.75, 3.05) is 7.11 Å². The summed E-state index contributed by atoms with van der Waals surface area (Å²) in [5, 5.41) is 6.48. The van der Waals surface area contributed by atoms with Gasteiger partial charge in [0.2, 0.25) is 0 Å². The molecule has 3 rings (SSSR count). The highest BCUT2D eigenvalue weighted by Gasteiger charge is 2.26. The van der Waals surface area contributed by atoms with Crippen molar-refractivity contribution in [3.8, 4) is 0 Å². The van der Waals surface area contributed by atoms with Gasteiger partial charge in [-0.1, -0.05) is 26.0 Å². The first-order valence-corrected chi connectivity index (χ1v) is 7.99. The minimum Gasteiger partial charge on any atom is -0.467 e. The largest absolute Gasteiger partial charge is 0.467 e. The summed E-state index contributed by atoms with van der Waals surface area (Å²) in [4.78, 5) is 16.5. The van der Waals surface area contributed by atoms with E-state index in [4.69, 9.17) is 16.3 Å². The van der Waals surface area contributed by atoms with Crippen molar-refractivity contribution in [3.05, 3.63) is 36.2 Å². The van der Waals surface area contributed by atoms with E-state index in [2.05, 4.69) is 10.1 Å². The van der Waals surface area contributed by atoms with Gasteiger partial charge in [0.15, 0.2) is 6.04 Å². The molecule has 3 aromatic rings. The third kappa shape index (κ3) is 2.77. The lowest BCUT2D eigenvalue weighted by Crippen LogP contribution is -2.26. The zero-order valence-electron chi connectivity index (χ0n) is 13.3. The summed E-state index contributed by atoms with van der Waals surface area (Å²) < 4.78 is 6.59. The molecule has 6 heteroatoms. The first-order chi connectivity index (χ1) is 11.0. The fraction of sp³-hybridized carbons (Fsp3) is 0.353. The number of ether oxygens (including phenoxy) is 1. The number of carbonyl (C=O) groups is 1. The second kappa shape index (κ2) is 6.16. The Balaban J connectivity index is 2.18. The molecule has 1 unspecified atom stereocenters. The summed E-state index contributed by atoms with van der Waals surface area (Å²) in [5.41, 5.74) is 2.65. The van der Waals surface area contributed by atoms with Crippen LogP contribution in [0.25, 0.3) is 21.8 Å². The van der Waals surface area contributed by atoms with Crippen LogP contribution in [0.2, 0.25) is 0 Å². The molecular weight excluding hydrogens is 314 g/mol. The molecule has 2 aromatic heterocycles. The SMILES string of the molecule is COC(=O)C(C(C)C)n1cc2c(cnc3cc(CCl)ccc32)n1. The summed E-state index contributed by atoms with van der Waals surface area (Å²) >= 11 is 5.88. The Bertz CT molecular complexity index is 873. The zero-order chi connectivity index (χ0) is 16.6. The molecule has 0 bridgehead atoms. The van der Waals surface area contributed by atoms with E-state index in [0.717, 1.165) is 27.4 Å². The van der Waals surface area contributed by atoms with Gasteiger partial charge in [-0.25, -0.2) is 4.79 Å². The van der Waals surface area contributed by atoms with Gasteiger partial charge in [0.05, 0.1) is 18.8 Å². The van der Waals surface area contributed by atoms with Crippen LogP contribution < -0.4 is 0 Å². The standard InChI is InChI=1S/C17H18ClN3O2/c1-10(2)16(17(22)23-3)21-9-13-12-5-4-11(7-18)6-14(12)19-8-15(13)20-21/h4-6,8-10,16H,7H2,1-3H3. The summed E-state index contributed by atoms with van der Waals surface area (Å²) in [7, 11) is 1.39. The molecule has 0 amide bonds. The number of alkyl halides is 1. The number of benzene rings is 1. The van der Waals surface area contributed by atoms with E-state index in [1.807, 2.05) is 38.2 Å². The van der Waals surface area contributed by atoms with Crippen LogP contribution in [0.5, 0.6) is 0 Å². The van der Waals surface area contributed by atoms with E-state index in [1.165, 1.54) is 7.11 Å². The number of methoxy groups -OCH3 is 1. The highest BCUT2D eigenvalue weighted by atomic mass is 35.5. The van der Waals surface area contributed by atoms with Crippen LogP contribution in [0, 0.1) is 5.92 Å². The molecule has 2 heterocycles. The second-order valence-electron chi connectivity index (χ2n) is 5.86. The molecule has 0 spiro atoms. The first-order valence-electron chi connectivity index (χ1n) is 7.45. The smallest absolute Gasteiger partial charge is 0.330 e. The van der Waals surface area contributed by atoms with Gasteiger partial charge in [-0.2, -0.15) is 5.10 Å². The lowest BCUT2D eigenvalue weighted by atomic mass is 10.1. The van der Waals surface area contributed by atoms with E-state index in [1.54, 1.807) is 10.9 Å². The maximum Gasteiger partial charge on any atom is 0.330 e. The van der Waals surface area contributed by atoms with Crippen molar-refractivity contribution in [2.45, 2.75) is 25.8 Å². The van der Waals surface area contributed by atoms with E-state index in [0.29, 0.717) is 5.88 Å². The predicted molar refractivity (Wildman–Crippen MR) is 90.5 cm³/mol. The number of rotatable bonds is 4. The number of hydrogen-bond acceptors (Lipinski definition) is 4. The molecule has 0 fully saturated rings. The molecule has 1 atom stereocenters. The van der Waals surface area contributed by atoms with Gasteiger partial charge in [-0.15, -0.1) is 11.6 Å². The van der Waals surface area contributed by atoms with Gasteiger partial charge in [0.1, 0.15) is 5.52 Å². The molecule has 0 aliphatic heterocycles. The summed E-state index contributed by atoms with van der Waals surface area (Å²) in [6.07, 6.45) is 3.61. The van der Waals surface area contributed by atoms with Crippen LogP contribution in [-0.4, -0.2) is 27.8 Å². The Morgan fingerprint density at radius 1 is 1.30 bits per heavy atom. The van der Waals surface area contributed by atoms with E-state index < -0.39 is 6.04 Å².